The molecule has 0 saturated carbocycles. The highest BCUT2D eigenvalue weighted by molar-refractivity contribution is 7.17. The number of rotatable bonds is 4. The zero-order valence-corrected chi connectivity index (χ0v) is 15.9. The van der Waals surface area contributed by atoms with Crippen molar-refractivity contribution in [2.75, 3.05) is 12.4 Å². The number of methoxy groups -OCH3 is 1. The van der Waals surface area contributed by atoms with Crippen LogP contribution in [-0.2, 0) is 0 Å². The summed E-state index contributed by atoms with van der Waals surface area (Å²) in [5.74, 6) is 2.36. The van der Waals surface area contributed by atoms with Crippen LogP contribution in [0.1, 0.15) is 5.82 Å². The van der Waals surface area contributed by atoms with Crippen molar-refractivity contribution in [1.82, 2.24) is 9.97 Å². The second-order valence-electron chi connectivity index (χ2n) is 5.81. The maximum Gasteiger partial charge on any atom is 0.143 e. The lowest BCUT2D eigenvalue weighted by molar-refractivity contribution is 0.415. The van der Waals surface area contributed by atoms with Crippen LogP contribution in [0.25, 0.3) is 21.3 Å². The molecule has 2 aromatic heterocycles. The van der Waals surface area contributed by atoms with E-state index in [-0.39, 0.29) is 0 Å². The Morgan fingerprint density at radius 2 is 1.73 bits per heavy atom. The minimum absolute atomic E-state index is 0.703. The zero-order valence-electron chi connectivity index (χ0n) is 14.3. The first kappa shape index (κ1) is 16.8. The van der Waals surface area contributed by atoms with Gasteiger partial charge in [0.25, 0.3) is 0 Å². The number of ether oxygens (including phenoxy) is 1. The highest BCUT2D eigenvalue weighted by Crippen LogP contribution is 2.38. The zero-order chi connectivity index (χ0) is 18.1. The number of aromatic nitrogens is 2. The number of benzene rings is 2. The molecule has 26 heavy (non-hydrogen) atoms. The highest BCUT2D eigenvalue weighted by atomic mass is 35.5. The molecule has 0 atom stereocenters. The second-order valence-corrected chi connectivity index (χ2v) is 7.10. The minimum atomic E-state index is 0.703. The van der Waals surface area contributed by atoms with Crippen molar-refractivity contribution < 1.29 is 4.74 Å². The van der Waals surface area contributed by atoms with Crippen LogP contribution in [0.5, 0.6) is 5.75 Å². The van der Waals surface area contributed by atoms with Crippen LogP contribution in [0.3, 0.4) is 0 Å². The number of nitrogens with one attached hydrogen (secondary N) is 1. The van der Waals surface area contributed by atoms with Gasteiger partial charge in [-0.15, -0.1) is 11.3 Å². The molecule has 4 nitrogen and oxygen atoms in total. The molecule has 0 aliphatic carbocycles. The Morgan fingerprint density at radius 3 is 2.42 bits per heavy atom. The third kappa shape index (κ3) is 3.23. The molecular formula is C20H16ClN3OS. The molecule has 0 amide bonds. The maximum atomic E-state index is 5.99. The summed E-state index contributed by atoms with van der Waals surface area (Å²) in [5, 5.41) is 7.24. The van der Waals surface area contributed by atoms with E-state index in [1.165, 1.54) is 0 Å². The van der Waals surface area contributed by atoms with E-state index in [9.17, 15) is 0 Å². The number of thiophene rings is 1. The molecule has 0 aliphatic heterocycles. The fourth-order valence-corrected chi connectivity index (χ4v) is 3.91. The van der Waals surface area contributed by atoms with E-state index in [4.69, 9.17) is 16.3 Å². The van der Waals surface area contributed by atoms with Gasteiger partial charge in [0.2, 0.25) is 0 Å². The van der Waals surface area contributed by atoms with Gasteiger partial charge in [-0.3, -0.25) is 0 Å². The molecule has 6 heteroatoms. The van der Waals surface area contributed by atoms with Crippen molar-refractivity contribution in [3.8, 4) is 16.9 Å². The molecular weight excluding hydrogens is 366 g/mol. The number of fused-ring (bicyclic) bond motifs is 1. The SMILES string of the molecule is COc1ccc(-c2csc3nc(C)nc(Nc4ccc(Cl)cc4)c23)cc1. The van der Waals surface area contributed by atoms with Gasteiger partial charge in [-0.05, 0) is 48.9 Å². The Balaban J connectivity index is 1.83. The lowest BCUT2D eigenvalue weighted by Gasteiger charge is -2.10. The molecule has 130 valence electrons. The number of anilines is 2. The van der Waals surface area contributed by atoms with Gasteiger partial charge in [-0.1, -0.05) is 23.7 Å². The highest BCUT2D eigenvalue weighted by Gasteiger charge is 2.15. The van der Waals surface area contributed by atoms with Crippen LogP contribution in [-0.4, -0.2) is 17.1 Å². The number of hydrogen-bond acceptors (Lipinski definition) is 5. The summed E-state index contributed by atoms with van der Waals surface area (Å²) in [6.07, 6.45) is 0. The van der Waals surface area contributed by atoms with E-state index < -0.39 is 0 Å². The topological polar surface area (TPSA) is 47.0 Å². The normalized spacial score (nSPS) is 10.9. The Kier molecular flexibility index (Phi) is 4.49. The summed E-state index contributed by atoms with van der Waals surface area (Å²) in [5.41, 5.74) is 3.13. The molecule has 0 spiro atoms. The largest absolute Gasteiger partial charge is 0.497 e. The van der Waals surface area contributed by atoms with E-state index >= 15 is 0 Å². The van der Waals surface area contributed by atoms with Crippen LogP contribution in [0.15, 0.2) is 53.9 Å². The van der Waals surface area contributed by atoms with Gasteiger partial charge in [0.05, 0.1) is 12.5 Å². The molecule has 2 aromatic carbocycles. The number of hydrogen-bond donors (Lipinski definition) is 1. The van der Waals surface area contributed by atoms with Gasteiger partial charge in [-0.2, -0.15) is 0 Å². The number of aryl methyl sites for hydroxylation is 1. The number of halogens is 1. The Bertz CT molecular complexity index is 1060. The Hall–Kier alpha value is -2.63. The lowest BCUT2D eigenvalue weighted by Crippen LogP contribution is -1.98. The van der Waals surface area contributed by atoms with Crippen LogP contribution in [0, 0.1) is 6.92 Å². The summed E-state index contributed by atoms with van der Waals surface area (Å²) in [4.78, 5) is 10.2. The van der Waals surface area contributed by atoms with E-state index in [2.05, 4.69) is 20.7 Å². The molecule has 0 saturated heterocycles. The van der Waals surface area contributed by atoms with Crippen molar-refractivity contribution in [2.24, 2.45) is 0 Å². The molecule has 0 bridgehead atoms. The number of nitrogens with zero attached hydrogens (tertiary/aromatic N) is 2. The van der Waals surface area contributed by atoms with Crippen LogP contribution >= 0.6 is 22.9 Å². The Morgan fingerprint density at radius 1 is 1.00 bits per heavy atom. The average Bonchev–Trinajstić information content (AvgIpc) is 3.07. The van der Waals surface area contributed by atoms with E-state index in [1.54, 1.807) is 18.4 Å². The molecule has 4 rings (SSSR count). The lowest BCUT2D eigenvalue weighted by atomic mass is 10.1. The van der Waals surface area contributed by atoms with Crippen LogP contribution in [0.4, 0.5) is 11.5 Å². The van der Waals surface area contributed by atoms with Crippen molar-refractivity contribution in [2.45, 2.75) is 6.92 Å². The third-order valence-corrected chi connectivity index (χ3v) is 5.18. The molecule has 0 fully saturated rings. The molecule has 0 unspecified atom stereocenters. The summed E-state index contributed by atoms with van der Waals surface area (Å²) < 4.78 is 5.26. The average molecular weight is 382 g/mol. The van der Waals surface area contributed by atoms with Gasteiger partial charge in [0, 0.05) is 21.7 Å². The van der Waals surface area contributed by atoms with Gasteiger partial charge in [0.1, 0.15) is 22.2 Å². The maximum absolute atomic E-state index is 5.99. The first-order chi connectivity index (χ1) is 12.6. The monoisotopic (exact) mass is 381 g/mol. The molecule has 2 heterocycles. The fraction of sp³-hybridized carbons (Fsp3) is 0.100. The van der Waals surface area contributed by atoms with E-state index in [0.29, 0.717) is 5.02 Å². The van der Waals surface area contributed by atoms with Crippen LogP contribution < -0.4 is 10.1 Å². The standard InChI is InChI=1S/C20H16ClN3OS/c1-12-22-19(24-15-7-5-14(21)6-8-15)18-17(11-26-20(18)23-12)13-3-9-16(25-2)10-4-13/h3-11H,1-2H3,(H,22,23,24). The van der Waals surface area contributed by atoms with Crippen molar-refractivity contribution >= 4 is 44.7 Å². The summed E-state index contributed by atoms with van der Waals surface area (Å²) in [6, 6.07) is 15.6. The Labute approximate surface area is 160 Å². The van der Waals surface area contributed by atoms with Gasteiger partial charge in [-0.25, -0.2) is 9.97 Å². The molecule has 0 aliphatic rings. The van der Waals surface area contributed by atoms with Crippen molar-refractivity contribution in [3.63, 3.8) is 0 Å². The summed E-state index contributed by atoms with van der Waals surface area (Å²) in [7, 11) is 1.67. The quantitative estimate of drug-likeness (QED) is 0.466. The predicted molar refractivity (Wildman–Crippen MR) is 109 cm³/mol. The van der Waals surface area contributed by atoms with E-state index in [0.717, 1.165) is 44.4 Å². The smallest absolute Gasteiger partial charge is 0.143 e. The fourth-order valence-electron chi connectivity index (χ4n) is 2.79. The summed E-state index contributed by atoms with van der Waals surface area (Å²) in [6.45, 7) is 1.90. The third-order valence-electron chi connectivity index (χ3n) is 4.05. The first-order valence-electron chi connectivity index (χ1n) is 8.07. The first-order valence-corrected chi connectivity index (χ1v) is 9.32. The van der Waals surface area contributed by atoms with Crippen molar-refractivity contribution in [1.29, 1.82) is 0 Å². The van der Waals surface area contributed by atoms with Gasteiger partial charge < -0.3 is 10.1 Å². The van der Waals surface area contributed by atoms with Crippen molar-refractivity contribution in [3.05, 3.63) is 64.8 Å². The molecule has 4 aromatic rings. The van der Waals surface area contributed by atoms with E-state index in [1.807, 2.05) is 55.5 Å². The van der Waals surface area contributed by atoms with Gasteiger partial charge >= 0.3 is 0 Å². The minimum Gasteiger partial charge on any atom is -0.497 e. The second kappa shape index (κ2) is 6.94. The van der Waals surface area contributed by atoms with Gasteiger partial charge in [0.15, 0.2) is 0 Å². The summed E-state index contributed by atoms with van der Waals surface area (Å²) >= 11 is 7.60. The van der Waals surface area contributed by atoms with Crippen LogP contribution in [0.2, 0.25) is 5.02 Å². The predicted octanol–water partition coefficient (Wildman–Crippen LogP) is 6.07. The molecule has 1 N–H and O–H groups in total. The molecule has 0 radical (unpaired) electrons.